The highest BCUT2D eigenvalue weighted by atomic mass is 32.3. The Kier molecular flexibility index (Phi) is 2.71. The molecule has 1 aromatic carbocycles. The van der Waals surface area contributed by atoms with Crippen LogP contribution in [0.1, 0.15) is 0 Å². The molecule has 0 aliphatic heterocycles. The summed E-state index contributed by atoms with van der Waals surface area (Å²) in [5.41, 5.74) is 0. The average Bonchev–Trinajstić information content (AvgIpc) is 2.01. The van der Waals surface area contributed by atoms with Crippen LogP contribution in [0.15, 0.2) is 24.3 Å². The quantitative estimate of drug-likeness (QED) is 0.425. The van der Waals surface area contributed by atoms with Crippen LogP contribution in [0.25, 0.3) is 0 Å². The van der Waals surface area contributed by atoms with Gasteiger partial charge in [-0.05, 0) is 16.5 Å². The number of phenols is 1. The van der Waals surface area contributed by atoms with Gasteiger partial charge in [0.1, 0.15) is 0 Å². The molecule has 1 aromatic rings. The van der Waals surface area contributed by atoms with Crippen molar-refractivity contribution in [3.05, 3.63) is 24.3 Å². The lowest BCUT2D eigenvalue weighted by Crippen LogP contribution is -2.06. The first kappa shape index (κ1) is 9.78. The van der Waals surface area contributed by atoms with Crippen molar-refractivity contribution < 1.29 is 27.3 Å². The van der Waals surface area contributed by atoms with Crippen LogP contribution >= 0.6 is 0 Å². The molecule has 0 heterocycles. The van der Waals surface area contributed by atoms with E-state index in [4.69, 9.17) is 9.66 Å². The molecule has 0 saturated carbocycles. The molecule has 0 saturated heterocycles. The predicted molar refractivity (Wildman–Crippen MR) is 41.4 cm³/mol. The minimum atomic E-state index is -4.67. The maximum atomic E-state index is 10.0. The Morgan fingerprint density at radius 2 is 1.85 bits per heavy atom. The molecule has 0 bridgehead atoms. The normalized spacial score (nSPS) is 11.2. The molecule has 0 amide bonds. The van der Waals surface area contributed by atoms with Crippen molar-refractivity contribution in [2.45, 2.75) is 0 Å². The summed E-state index contributed by atoms with van der Waals surface area (Å²) in [6.45, 7) is 0. The second kappa shape index (κ2) is 3.60. The van der Waals surface area contributed by atoms with Gasteiger partial charge in [-0.2, -0.15) is 8.42 Å². The van der Waals surface area contributed by atoms with Crippen LogP contribution in [0.2, 0.25) is 0 Å². The summed E-state index contributed by atoms with van der Waals surface area (Å²) >= 11 is 0. The number of hydrogen-bond donors (Lipinski definition) is 2. The minimum absolute atomic E-state index is 0.208. The Balaban J connectivity index is 2.71. The van der Waals surface area contributed by atoms with Crippen molar-refractivity contribution in [2.75, 3.05) is 0 Å². The van der Waals surface area contributed by atoms with Gasteiger partial charge in [-0.15, -0.1) is 0 Å². The minimum Gasteiger partial charge on any atom is -0.504 e. The Morgan fingerprint density at radius 1 is 1.23 bits per heavy atom. The zero-order valence-corrected chi connectivity index (χ0v) is 7.06. The first-order chi connectivity index (χ1) is 5.99. The first-order valence-electron chi connectivity index (χ1n) is 3.10. The zero-order chi connectivity index (χ0) is 9.90. The lowest BCUT2D eigenvalue weighted by molar-refractivity contribution is -0.104. The second-order valence-electron chi connectivity index (χ2n) is 2.05. The predicted octanol–water partition coefficient (Wildman–Crippen LogP) is 0.505. The van der Waals surface area contributed by atoms with E-state index in [1.165, 1.54) is 24.3 Å². The molecule has 7 heteroatoms. The van der Waals surface area contributed by atoms with Crippen LogP contribution < -0.4 is 4.89 Å². The number of benzene rings is 1. The first-order valence-corrected chi connectivity index (χ1v) is 4.47. The summed E-state index contributed by atoms with van der Waals surface area (Å²) in [6, 6.07) is 5.53. The highest BCUT2D eigenvalue weighted by Crippen LogP contribution is 2.24. The monoisotopic (exact) mass is 206 g/mol. The van der Waals surface area contributed by atoms with E-state index in [2.05, 4.69) is 9.22 Å². The summed E-state index contributed by atoms with van der Waals surface area (Å²) < 4.78 is 31.8. The van der Waals surface area contributed by atoms with Gasteiger partial charge in [0.05, 0.1) is 0 Å². The molecule has 0 radical (unpaired) electrons. The molecule has 2 N–H and O–H groups in total. The van der Waals surface area contributed by atoms with Crippen LogP contribution in [0, 0.1) is 0 Å². The average molecular weight is 206 g/mol. The fourth-order valence-corrected chi connectivity index (χ4v) is 0.767. The van der Waals surface area contributed by atoms with E-state index in [9.17, 15) is 8.42 Å². The largest absolute Gasteiger partial charge is 0.504 e. The molecule has 72 valence electrons. The van der Waals surface area contributed by atoms with Gasteiger partial charge in [-0.25, -0.2) is 0 Å². The number of aromatic hydroxyl groups is 1. The summed E-state index contributed by atoms with van der Waals surface area (Å²) in [5.74, 6) is -0.508. The molecule has 0 fully saturated rings. The van der Waals surface area contributed by atoms with Gasteiger partial charge in [0.25, 0.3) is 0 Å². The maximum absolute atomic E-state index is 10.0. The number of para-hydroxylation sites is 2. The Hall–Kier alpha value is -1.31. The lowest BCUT2D eigenvalue weighted by atomic mass is 10.3. The summed E-state index contributed by atoms with van der Waals surface area (Å²) in [5, 5.41) is 9.03. The molecule has 6 nitrogen and oxygen atoms in total. The van der Waals surface area contributed by atoms with Gasteiger partial charge in [0.2, 0.25) is 5.75 Å². The fourth-order valence-electron chi connectivity index (χ4n) is 0.607. The van der Waals surface area contributed by atoms with Crippen molar-refractivity contribution in [2.24, 2.45) is 0 Å². The third-order valence-electron chi connectivity index (χ3n) is 1.08. The van der Waals surface area contributed by atoms with Crippen LogP contribution in [-0.4, -0.2) is 18.1 Å². The molecular weight excluding hydrogens is 200 g/mol. The molecule has 13 heavy (non-hydrogen) atoms. The molecule has 0 spiro atoms. The van der Waals surface area contributed by atoms with Gasteiger partial charge in [-0.3, -0.25) is 4.55 Å². The van der Waals surface area contributed by atoms with Crippen LogP contribution in [0.3, 0.4) is 0 Å². The van der Waals surface area contributed by atoms with E-state index in [-0.39, 0.29) is 11.5 Å². The summed E-state index contributed by atoms with van der Waals surface area (Å²) in [7, 11) is -4.67. The highest BCUT2D eigenvalue weighted by Gasteiger charge is 2.09. The van der Waals surface area contributed by atoms with Gasteiger partial charge < -0.3 is 9.99 Å². The molecule has 0 aliphatic rings. The fraction of sp³-hybridized carbons (Fsp3) is 0. The molecular formula is C6H6O6S. The third-order valence-corrected chi connectivity index (χ3v) is 1.32. The van der Waals surface area contributed by atoms with Gasteiger partial charge in [0, 0.05) is 0 Å². The zero-order valence-electron chi connectivity index (χ0n) is 6.25. The number of rotatable bonds is 3. The van der Waals surface area contributed by atoms with E-state index in [1.54, 1.807) is 0 Å². The Bertz CT molecular complexity index is 384. The van der Waals surface area contributed by atoms with Gasteiger partial charge in [-0.1, -0.05) is 12.1 Å². The van der Waals surface area contributed by atoms with Crippen molar-refractivity contribution in [3.63, 3.8) is 0 Å². The molecule has 0 aromatic heterocycles. The lowest BCUT2D eigenvalue weighted by Gasteiger charge is -2.02. The SMILES string of the molecule is O=S(=O)(O)OOc1ccccc1O. The number of hydrogen-bond acceptors (Lipinski definition) is 5. The Labute approximate surface area is 74.2 Å². The van der Waals surface area contributed by atoms with E-state index >= 15 is 0 Å². The van der Waals surface area contributed by atoms with Gasteiger partial charge >= 0.3 is 10.4 Å². The molecule has 1 rings (SSSR count). The van der Waals surface area contributed by atoms with Crippen molar-refractivity contribution in [1.82, 2.24) is 0 Å². The van der Waals surface area contributed by atoms with Crippen LogP contribution in [0.4, 0.5) is 0 Å². The van der Waals surface area contributed by atoms with Gasteiger partial charge in [0.15, 0.2) is 5.75 Å². The smallest absolute Gasteiger partial charge is 0.432 e. The Morgan fingerprint density at radius 3 is 2.38 bits per heavy atom. The highest BCUT2D eigenvalue weighted by molar-refractivity contribution is 7.80. The van der Waals surface area contributed by atoms with E-state index in [0.29, 0.717) is 0 Å². The second-order valence-corrected chi connectivity index (χ2v) is 3.04. The summed E-state index contributed by atoms with van der Waals surface area (Å²) in [6.07, 6.45) is 0. The molecule has 0 unspecified atom stereocenters. The van der Waals surface area contributed by atoms with Crippen LogP contribution in [-0.2, 0) is 14.7 Å². The molecule has 0 aliphatic carbocycles. The number of phenolic OH excluding ortho intramolecular Hbond substituents is 1. The molecule has 0 atom stereocenters. The maximum Gasteiger partial charge on any atom is 0.432 e. The third kappa shape index (κ3) is 3.28. The van der Waals surface area contributed by atoms with Crippen molar-refractivity contribution in [3.8, 4) is 11.5 Å². The van der Waals surface area contributed by atoms with Crippen molar-refractivity contribution >= 4 is 10.4 Å². The van der Waals surface area contributed by atoms with E-state index in [1.807, 2.05) is 0 Å². The topological polar surface area (TPSA) is 93.1 Å². The standard InChI is InChI=1S/C6H6O6S/c7-5-3-1-2-4-6(5)11-12-13(8,9)10/h1-4,7H,(H,8,9,10). The van der Waals surface area contributed by atoms with E-state index in [0.717, 1.165) is 0 Å². The summed E-state index contributed by atoms with van der Waals surface area (Å²) in [4.78, 5) is 4.11. The van der Waals surface area contributed by atoms with Crippen molar-refractivity contribution in [1.29, 1.82) is 0 Å². The van der Waals surface area contributed by atoms with Crippen LogP contribution in [0.5, 0.6) is 11.5 Å². The van der Waals surface area contributed by atoms with E-state index < -0.39 is 10.4 Å².